The van der Waals surface area contributed by atoms with Gasteiger partial charge in [-0.3, -0.25) is 0 Å². The van der Waals surface area contributed by atoms with Gasteiger partial charge in [0.2, 0.25) is 0 Å². The molecule has 0 unspecified atom stereocenters. The molecule has 2 aromatic rings. The van der Waals surface area contributed by atoms with E-state index in [0.717, 1.165) is 6.42 Å². The summed E-state index contributed by atoms with van der Waals surface area (Å²) in [4.78, 5) is 0. The zero-order valence-corrected chi connectivity index (χ0v) is 10.8. The van der Waals surface area contributed by atoms with Gasteiger partial charge in [-0.1, -0.05) is 71.0 Å². The summed E-state index contributed by atoms with van der Waals surface area (Å²) < 4.78 is 0. The van der Waals surface area contributed by atoms with Crippen LogP contribution in [-0.2, 0) is 6.42 Å². The maximum absolute atomic E-state index is 3.75. The van der Waals surface area contributed by atoms with Gasteiger partial charge in [-0.25, -0.2) is 0 Å². The largest absolute Gasteiger partial charge is 0.103 e. The van der Waals surface area contributed by atoms with Crippen molar-refractivity contribution in [3.63, 3.8) is 0 Å². The van der Waals surface area contributed by atoms with Crippen molar-refractivity contribution >= 4 is 19.9 Å². The maximum Gasteiger partial charge on any atom is 0.0875 e. The second-order valence-electron chi connectivity index (χ2n) is 3.97. The van der Waals surface area contributed by atoms with Gasteiger partial charge < -0.3 is 0 Å². The Balaban J connectivity index is 2.08. The summed E-state index contributed by atoms with van der Waals surface area (Å²) in [6, 6.07) is 19.7. The smallest absolute Gasteiger partial charge is 0.0875 e. The van der Waals surface area contributed by atoms with Gasteiger partial charge in [-0.15, -0.1) is 6.58 Å². The van der Waals surface area contributed by atoms with Crippen molar-refractivity contribution in [2.24, 2.45) is 0 Å². The van der Waals surface area contributed by atoms with E-state index in [9.17, 15) is 0 Å². The summed E-state index contributed by atoms with van der Waals surface area (Å²) >= 11 is 0. The van der Waals surface area contributed by atoms with E-state index < -0.39 is 0 Å². The van der Waals surface area contributed by atoms with E-state index in [1.54, 1.807) is 0 Å². The number of rotatable bonds is 4. The van der Waals surface area contributed by atoms with Crippen LogP contribution in [0.5, 0.6) is 0 Å². The molecule has 0 saturated heterocycles. The number of benzene rings is 2. The quantitative estimate of drug-likeness (QED) is 0.546. The summed E-state index contributed by atoms with van der Waals surface area (Å²) in [5, 5.41) is 3.00. The van der Waals surface area contributed by atoms with Crippen LogP contribution < -0.4 is 10.4 Å². The number of allylic oxidation sites excluding steroid dienone is 1. The average Bonchev–Trinajstić information content (AvgIpc) is 2.33. The Morgan fingerprint density at radius 3 is 2.12 bits per heavy atom. The molecule has 2 aromatic carbocycles. The Labute approximate surface area is 99.5 Å². The predicted molar refractivity (Wildman–Crippen MR) is 74.6 cm³/mol. The molecule has 0 aliphatic heterocycles. The standard InChI is InChI=1S/C15H16Si/c1-2-6-13-9-11-15(12-10-13)16-14-7-4-3-5-8-14/h2-5,7-12H,1,6,16H2. The molecule has 0 amide bonds. The van der Waals surface area contributed by atoms with Gasteiger partial charge in [0, 0.05) is 0 Å². The van der Waals surface area contributed by atoms with Gasteiger partial charge >= 0.3 is 0 Å². The van der Waals surface area contributed by atoms with Crippen LogP contribution in [0.1, 0.15) is 5.56 Å². The lowest BCUT2D eigenvalue weighted by Gasteiger charge is -2.02. The SMILES string of the molecule is C=CCc1ccc([SiH2]c2ccccc2)cc1. The lowest BCUT2D eigenvalue weighted by molar-refractivity contribution is 1.28. The molecule has 0 atom stereocenters. The van der Waals surface area contributed by atoms with Crippen LogP contribution in [0.3, 0.4) is 0 Å². The summed E-state index contributed by atoms with van der Waals surface area (Å²) in [6.45, 7) is 3.75. The van der Waals surface area contributed by atoms with Gasteiger partial charge in [-0.05, 0) is 12.0 Å². The van der Waals surface area contributed by atoms with E-state index in [1.807, 2.05) is 6.08 Å². The first kappa shape index (κ1) is 10.9. The third-order valence-corrected chi connectivity index (χ3v) is 4.41. The van der Waals surface area contributed by atoms with Crippen LogP contribution >= 0.6 is 0 Å². The van der Waals surface area contributed by atoms with Crippen LogP contribution in [0.4, 0.5) is 0 Å². The van der Waals surface area contributed by atoms with Gasteiger partial charge in [0.1, 0.15) is 0 Å². The molecule has 0 radical (unpaired) electrons. The van der Waals surface area contributed by atoms with E-state index in [2.05, 4.69) is 61.2 Å². The van der Waals surface area contributed by atoms with Gasteiger partial charge in [0.05, 0.1) is 9.52 Å². The van der Waals surface area contributed by atoms with Crippen LogP contribution in [0.25, 0.3) is 0 Å². The summed E-state index contributed by atoms with van der Waals surface area (Å²) in [7, 11) is -0.290. The third-order valence-electron chi connectivity index (χ3n) is 2.65. The molecule has 0 heterocycles. The Bertz CT molecular complexity index is 443. The highest BCUT2D eigenvalue weighted by Gasteiger charge is 1.96. The highest BCUT2D eigenvalue weighted by atomic mass is 28.2. The third kappa shape index (κ3) is 2.94. The molecule has 0 N–H and O–H groups in total. The van der Waals surface area contributed by atoms with E-state index in [0.29, 0.717) is 0 Å². The van der Waals surface area contributed by atoms with Crippen molar-refractivity contribution < 1.29 is 0 Å². The molecular weight excluding hydrogens is 208 g/mol. The van der Waals surface area contributed by atoms with E-state index >= 15 is 0 Å². The minimum atomic E-state index is -0.290. The molecule has 0 aliphatic rings. The van der Waals surface area contributed by atoms with Crippen molar-refractivity contribution in [1.29, 1.82) is 0 Å². The zero-order chi connectivity index (χ0) is 11.2. The Hall–Kier alpha value is -1.60. The lowest BCUT2D eigenvalue weighted by Crippen LogP contribution is -2.26. The van der Waals surface area contributed by atoms with Crippen molar-refractivity contribution in [3.05, 3.63) is 72.8 Å². The van der Waals surface area contributed by atoms with Crippen LogP contribution in [0.2, 0.25) is 0 Å². The molecule has 0 fully saturated rings. The van der Waals surface area contributed by atoms with Gasteiger partial charge in [-0.2, -0.15) is 0 Å². The highest BCUT2D eigenvalue weighted by molar-refractivity contribution is 6.67. The Kier molecular flexibility index (Phi) is 3.73. The van der Waals surface area contributed by atoms with Gasteiger partial charge in [0.25, 0.3) is 0 Å². The average molecular weight is 224 g/mol. The topological polar surface area (TPSA) is 0 Å². The van der Waals surface area contributed by atoms with E-state index in [4.69, 9.17) is 0 Å². The zero-order valence-electron chi connectivity index (χ0n) is 9.39. The highest BCUT2D eigenvalue weighted by Crippen LogP contribution is 1.98. The predicted octanol–water partition coefficient (Wildman–Crippen LogP) is 1.53. The molecule has 0 nitrogen and oxygen atoms in total. The number of hydrogen-bond donors (Lipinski definition) is 0. The minimum absolute atomic E-state index is 0.290. The minimum Gasteiger partial charge on any atom is -0.103 e. The Morgan fingerprint density at radius 2 is 1.50 bits per heavy atom. The molecule has 80 valence electrons. The van der Waals surface area contributed by atoms with Crippen molar-refractivity contribution in [3.8, 4) is 0 Å². The summed E-state index contributed by atoms with van der Waals surface area (Å²) in [5.74, 6) is 0. The second kappa shape index (κ2) is 5.47. The first-order valence-corrected chi connectivity index (χ1v) is 7.02. The molecule has 1 heteroatoms. The van der Waals surface area contributed by atoms with Crippen molar-refractivity contribution in [2.45, 2.75) is 6.42 Å². The van der Waals surface area contributed by atoms with Crippen molar-refractivity contribution in [1.82, 2.24) is 0 Å². The maximum atomic E-state index is 3.75. The fourth-order valence-corrected chi connectivity index (χ4v) is 3.24. The number of hydrogen-bond acceptors (Lipinski definition) is 0. The molecule has 0 aliphatic carbocycles. The second-order valence-corrected chi connectivity index (χ2v) is 5.96. The fourth-order valence-electron chi connectivity index (χ4n) is 1.79. The molecule has 0 bridgehead atoms. The summed E-state index contributed by atoms with van der Waals surface area (Å²) in [5.41, 5.74) is 1.35. The molecule has 0 saturated carbocycles. The molecule has 0 spiro atoms. The normalized spacial score (nSPS) is 10.8. The van der Waals surface area contributed by atoms with Crippen LogP contribution in [0.15, 0.2) is 67.3 Å². The van der Waals surface area contributed by atoms with Crippen LogP contribution in [0, 0.1) is 0 Å². The summed E-state index contributed by atoms with van der Waals surface area (Å²) in [6.07, 6.45) is 2.91. The van der Waals surface area contributed by atoms with E-state index in [1.165, 1.54) is 15.9 Å². The first-order valence-electron chi connectivity index (χ1n) is 5.61. The molecule has 2 rings (SSSR count). The van der Waals surface area contributed by atoms with Crippen molar-refractivity contribution in [2.75, 3.05) is 0 Å². The molecule has 16 heavy (non-hydrogen) atoms. The molecular formula is C15H16Si. The Morgan fingerprint density at radius 1 is 0.875 bits per heavy atom. The lowest BCUT2D eigenvalue weighted by atomic mass is 10.2. The first-order chi connectivity index (χ1) is 7.88. The fraction of sp³-hybridized carbons (Fsp3) is 0.0667. The van der Waals surface area contributed by atoms with Crippen LogP contribution in [-0.4, -0.2) is 9.52 Å². The monoisotopic (exact) mass is 224 g/mol. The molecule has 0 aromatic heterocycles. The van der Waals surface area contributed by atoms with E-state index in [-0.39, 0.29) is 9.52 Å². The van der Waals surface area contributed by atoms with Gasteiger partial charge in [0.15, 0.2) is 0 Å².